The number of aliphatic hydroxyl groups is 1. The van der Waals surface area contributed by atoms with Crippen LogP contribution in [0.5, 0.6) is 0 Å². The third-order valence-electron chi connectivity index (χ3n) is 6.84. The topological polar surface area (TPSA) is 115 Å². The van der Waals surface area contributed by atoms with Gasteiger partial charge in [0.1, 0.15) is 17.5 Å². The number of carbonyl (C=O) groups excluding carboxylic acids is 1. The summed E-state index contributed by atoms with van der Waals surface area (Å²) in [7, 11) is 0. The second-order valence-corrected chi connectivity index (χ2v) is 9.65. The quantitative estimate of drug-likeness (QED) is 0.445. The lowest BCUT2D eigenvalue weighted by molar-refractivity contribution is 0.0650. The first-order valence-corrected chi connectivity index (χ1v) is 13.6. The number of ether oxygens (including phenoxy) is 1. The average Bonchev–Trinajstić information content (AvgIpc) is 2.96. The van der Waals surface area contributed by atoms with E-state index in [1.54, 1.807) is 18.3 Å². The molecule has 10 nitrogen and oxygen atoms in total. The average molecular weight is 534 g/mol. The first kappa shape index (κ1) is 28.4. The Kier molecular flexibility index (Phi) is 10.6. The summed E-state index contributed by atoms with van der Waals surface area (Å²) in [5.74, 6) is 3.05. The number of aromatic nitrogens is 1. The van der Waals surface area contributed by atoms with Crippen LogP contribution in [0.2, 0.25) is 0 Å². The number of nitrogens with one attached hydrogen (secondary N) is 2. The predicted molar refractivity (Wildman–Crippen MR) is 155 cm³/mol. The van der Waals surface area contributed by atoms with Crippen LogP contribution in [-0.4, -0.2) is 90.0 Å². The molecular weight excluding hydrogens is 494 g/mol. The fourth-order valence-corrected chi connectivity index (χ4v) is 4.52. The summed E-state index contributed by atoms with van der Waals surface area (Å²) >= 11 is 0. The van der Waals surface area contributed by atoms with Gasteiger partial charge in [-0.05, 0) is 43.7 Å². The Balaban J connectivity index is 1.39. The van der Waals surface area contributed by atoms with Gasteiger partial charge in [0.05, 0.1) is 19.8 Å². The number of pyridine rings is 1. The molecule has 2 aliphatic rings. The second-order valence-electron chi connectivity index (χ2n) is 9.65. The summed E-state index contributed by atoms with van der Waals surface area (Å²) in [6.45, 7) is 9.82. The van der Waals surface area contributed by atoms with Crippen molar-refractivity contribution in [2.75, 3.05) is 63.2 Å². The molecule has 4 rings (SSSR count). The monoisotopic (exact) mass is 533 g/mol. The summed E-state index contributed by atoms with van der Waals surface area (Å²) in [5, 5.41) is 15.1. The fraction of sp³-hybridized carbons (Fsp3) is 0.448. The summed E-state index contributed by atoms with van der Waals surface area (Å²) in [6, 6.07) is 12.8. The molecule has 2 aliphatic heterocycles. The van der Waals surface area contributed by atoms with E-state index in [4.69, 9.17) is 19.8 Å². The maximum atomic E-state index is 12.8. The SMILES string of the molecule is C/C=C1/N=C(Nc2cc(C(=O)Nc3ccccc3)ccn2)C(C)CCC(N2CCN(CCOCCO)CC2)=N1. The van der Waals surface area contributed by atoms with Crippen molar-refractivity contribution in [1.82, 2.24) is 14.8 Å². The minimum atomic E-state index is -0.194. The number of anilines is 2. The van der Waals surface area contributed by atoms with Crippen LogP contribution in [0, 0.1) is 5.92 Å². The van der Waals surface area contributed by atoms with Crippen molar-refractivity contribution >= 4 is 29.1 Å². The highest BCUT2D eigenvalue weighted by atomic mass is 16.5. The molecule has 1 fully saturated rings. The maximum Gasteiger partial charge on any atom is 0.255 e. The lowest BCUT2D eigenvalue weighted by Gasteiger charge is -2.37. The van der Waals surface area contributed by atoms with Crippen LogP contribution in [0.1, 0.15) is 37.0 Å². The Hall–Kier alpha value is -3.60. The van der Waals surface area contributed by atoms with Gasteiger partial charge >= 0.3 is 0 Å². The van der Waals surface area contributed by atoms with Crippen molar-refractivity contribution in [3.63, 3.8) is 0 Å². The summed E-state index contributed by atoms with van der Waals surface area (Å²) in [5.41, 5.74) is 1.26. The van der Waals surface area contributed by atoms with Gasteiger partial charge in [-0.15, -0.1) is 0 Å². The van der Waals surface area contributed by atoms with Gasteiger partial charge in [0.25, 0.3) is 5.91 Å². The third kappa shape index (κ3) is 8.44. The van der Waals surface area contributed by atoms with Crippen molar-refractivity contribution in [1.29, 1.82) is 0 Å². The third-order valence-corrected chi connectivity index (χ3v) is 6.84. The Morgan fingerprint density at radius 1 is 1.13 bits per heavy atom. The van der Waals surface area contributed by atoms with Crippen molar-refractivity contribution < 1.29 is 14.6 Å². The van der Waals surface area contributed by atoms with E-state index < -0.39 is 0 Å². The smallest absolute Gasteiger partial charge is 0.255 e. The van der Waals surface area contributed by atoms with Gasteiger partial charge in [0.15, 0.2) is 5.82 Å². The lowest BCUT2D eigenvalue weighted by Crippen LogP contribution is -2.49. The van der Waals surface area contributed by atoms with Crippen LogP contribution in [-0.2, 0) is 4.74 Å². The van der Waals surface area contributed by atoms with E-state index in [1.807, 2.05) is 43.3 Å². The second kappa shape index (κ2) is 14.5. The van der Waals surface area contributed by atoms with Crippen LogP contribution in [0.4, 0.5) is 11.5 Å². The van der Waals surface area contributed by atoms with E-state index in [-0.39, 0.29) is 18.4 Å². The minimum absolute atomic E-state index is 0.0633. The van der Waals surface area contributed by atoms with E-state index in [0.717, 1.165) is 62.9 Å². The molecule has 0 aliphatic carbocycles. The number of amides is 1. The highest BCUT2D eigenvalue weighted by molar-refractivity contribution is 6.05. The molecule has 208 valence electrons. The zero-order valence-electron chi connectivity index (χ0n) is 22.8. The normalized spacial score (nSPS) is 19.6. The van der Waals surface area contributed by atoms with Gasteiger partial charge in [-0.1, -0.05) is 25.1 Å². The Bertz CT molecular complexity index is 1170. The molecule has 10 heteroatoms. The van der Waals surface area contributed by atoms with E-state index >= 15 is 0 Å². The number of amidine groups is 2. The molecule has 1 unspecified atom stereocenters. The molecule has 1 aromatic carbocycles. The molecule has 1 amide bonds. The zero-order chi connectivity index (χ0) is 27.5. The molecule has 0 saturated carbocycles. The molecule has 0 spiro atoms. The first-order chi connectivity index (χ1) is 19.1. The number of hydrogen-bond donors (Lipinski definition) is 3. The van der Waals surface area contributed by atoms with E-state index in [1.165, 1.54) is 0 Å². The number of benzene rings is 1. The van der Waals surface area contributed by atoms with Gasteiger partial charge in [0, 0.05) is 62.5 Å². The van der Waals surface area contributed by atoms with Crippen LogP contribution in [0.25, 0.3) is 0 Å². The van der Waals surface area contributed by atoms with Gasteiger partial charge in [-0.2, -0.15) is 0 Å². The van der Waals surface area contributed by atoms with E-state index in [9.17, 15) is 4.79 Å². The number of carbonyl (C=O) groups is 1. The molecule has 3 N–H and O–H groups in total. The van der Waals surface area contributed by atoms with E-state index in [2.05, 4.69) is 32.3 Å². The fourth-order valence-electron chi connectivity index (χ4n) is 4.52. The molecule has 1 aromatic heterocycles. The van der Waals surface area contributed by atoms with Gasteiger partial charge in [-0.25, -0.2) is 15.0 Å². The van der Waals surface area contributed by atoms with Crippen molar-refractivity contribution in [2.24, 2.45) is 15.9 Å². The Morgan fingerprint density at radius 3 is 2.67 bits per heavy atom. The number of rotatable bonds is 8. The largest absolute Gasteiger partial charge is 0.394 e. The number of para-hydroxylation sites is 1. The van der Waals surface area contributed by atoms with Crippen molar-refractivity contribution in [2.45, 2.75) is 26.7 Å². The van der Waals surface area contributed by atoms with Crippen LogP contribution in [0.15, 0.2) is 70.5 Å². The number of piperazine rings is 1. The number of aliphatic hydroxyl groups excluding tert-OH is 1. The van der Waals surface area contributed by atoms with Gasteiger partial charge in [0.2, 0.25) is 0 Å². The first-order valence-electron chi connectivity index (χ1n) is 13.6. The van der Waals surface area contributed by atoms with Crippen LogP contribution in [0.3, 0.4) is 0 Å². The molecule has 1 saturated heterocycles. The van der Waals surface area contributed by atoms with Crippen LogP contribution < -0.4 is 10.6 Å². The highest BCUT2D eigenvalue weighted by Gasteiger charge is 2.23. The molecule has 0 radical (unpaired) electrons. The number of nitrogens with zero attached hydrogens (tertiary/aromatic N) is 5. The minimum Gasteiger partial charge on any atom is -0.394 e. The van der Waals surface area contributed by atoms with Crippen LogP contribution >= 0.6 is 0 Å². The zero-order valence-corrected chi connectivity index (χ0v) is 22.8. The Morgan fingerprint density at radius 2 is 1.92 bits per heavy atom. The molecule has 1 atom stereocenters. The Labute approximate surface area is 230 Å². The van der Waals surface area contributed by atoms with Crippen molar-refractivity contribution in [3.8, 4) is 0 Å². The van der Waals surface area contributed by atoms with Gasteiger partial charge in [-0.3, -0.25) is 9.69 Å². The predicted octanol–water partition coefficient (Wildman–Crippen LogP) is 3.46. The summed E-state index contributed by atoms with van der Waals surface area (Å²) < 4.78 is 5.41. The maximum absolute atomic E-state index is 12.8. The number of aliphatic imine (C=N–C) groups is 2. The highest BCUT2D eigenvalue weighted by Crippen LogP contribution is 2.21. The van der Waals surface area contributed by atoms with E-state index in [0.29, 0.717) is 30.4 Å². The number of hydrogen-bond acceptors (Lipinski definition) is 9. The molecular formula is C29H39N7O3. The molecule has 0 bridgehead atoms. The van der Waals surface area contributed by atoms with Crippen molar-refractivity contribution in [3.05, 3.63) is 66.1 Å². The summed E-state index contributed by atoms with van der Waals surface area (Å²) in [4.78, 5) is 31.7. The molecule has 39 heavy (non-hydrogen) atoms. The molecule has 3 heterocycles. The van der Waals surface area contributed by atoms with Gasteiger partial charge < -0.3 is 25.4 Å². The standard InChI is InChI=1S/C29H39N7O3/c1-3-25-32-27(36-15-13-35(14-16-36)17-19-39-20-18-37)10-9-22(2)28(33-25)34-26-21-23(11-12-30-26)29(38)31-24-7-5-4-6-8-24/h3-8,11-12,21-22,37H,9-10,13-20H2,1-2H3,(H,31,38)(H,30,33,34)/b25-3+,32-27?. The molecule has 2 aromatic rings. The lowest BCUT2D eigenvalue weighted by atomic mass is 10.0. The number of allylic oxidation sites excluding steroid dienone is 1. The summed E-state index contributed by atoms with van der Waals surface area (Å²) in [6.07, 6.45) is 5.30.